The van der Waals surface area contributed by atoms with Crippen LogP contribution < -0.4 is 20.1 Å². The molecule has 136 valence electrons. The molecule has 1 amide bonds. The number of aromatic nitrogens is 2. The van der Waals surface area contributed by atoms with Gasteiger partial charge in [-0.05, 0) is 31.9 Å². The standard InChI is InChI=1S/C19H22N4O3/c1-12-20-15(19(24)23-13-5-3-2-4-6-13)10-18(21-12)22-14-7-8-16-17(9-14)26-11-25-16/h7-10,13H,2-6,11H2,1H3,(H,23,24)(H,20,21,22). The average molecular weight is 354 g/mol. The summed E-state index contributed by atoms with van der Waals surface area (Å²) in [5.41, 5.74) is 1.19. The van der Waals surface area contributed by atoms with E-state index in [-0.39, 0.29) is 18.7 Å². The minimum atomic E-state index is -0.142. The Hall–Kier alpha value is -2.83. The molecule has 2 aliphatic rings. The van der Waals surface area contributed by atoms with Crippen molar-refractivity contribution in [1.29, 1.82) is 0 Å². The molecule has 0 atom stereocenters. The molecule has 0 unspecified atom stereocenters. The van der Waals surface area contributed by atoms with Crippen molar-refractivity contribution in [2.45, 2.75) is 45.1 Å². The van der Waals surface area contributed by atoms with Crippen LogP contribution in [-0.4, -0.2) is 28.7 Å². The molecule has 1 aliphatic heterocycles. The average Bonchev–Trinajstić information content (AvgIpc) is 3.10. The zero-order valence-corrected chi connectivity index (χ0v) is 14.7. The van der Waals surface area contributed by atoms with Gasteiger partial charge in [0.1, 0.15) is 17.3 Å². The summed E-state index contributed by atoms with van der Waals surface area (Å²) in [6, 6.07) is 7.50. The number of fused-ring (bicyclic) bond motifs is 1. The van der Waals surface area contributed by atoms with Gasteiger partial charge in [0, 0.05) is 23.9 Å². The minimum absolute atomic E-state index is 0.142. The predicted octanol–water partition coefficient (Wildman–Crippen LogP) is 3.32. The van der Waals surface area contributed by atoms with Crippen LogP contribution in [0, 0.1) is 6.92 Å². The highest BCUT2D eigenvalue weighted by molar-refractivity contribution is 5.93. The summed E-state index contributed by atoms with van der Waals surface area (Å²) in [7, 11) is 0. The van der Waals surface area contributed by atoms with E-state index in [1.807, 2.05) is 18.2 Å². The molecule has 2 N–H and O–H groups in total. The molecule has 0 radical (unpaired) electrons. The van der Waals surface area contributed by atoms with Crippen molar-refractivity contribution in [3.8, 4) is 11.5 Å². The monoisotopic (exact) mass is 354 g/mol. The normalized spacial score (nSPS) is 16.3. The number of aryl methyl sites for hydroxylation is 1. The number of ether oxygens (including phenoxy) is 2. The van der Waals surface area contributed by atoms with Gasteiger partial charge in [-0.1, -0.05) is 19.3 Å². The van der Waals surface area contributed by atoms with Crippen molar-refractivity contribution in [2.24, 2.45) is 0 Å². The first kappa shape index (κ1) is 16.6. The van der Waals surface area contributed by atoms with Crippen LogP contribution in [0.25, 0.3) is 0 Å². The first-order valence-electron chi connectivity index (χ1n) is 9.00. The van der Waals surface area contributed by atoms with Gasteiger partial charge in [0.25, 0.3) is 5.91 Å². The highest BCUT2D eigenvalue weighted by Gasteiger charge is 2.19. The molecule has 1 aromatic heterocycles. The van der Waals surface area contributed by atoms with E-state index in [0.29, 0.717) is 23.1 Å². The van der Waals surface area contributed by atoms with Crippen molar-refractivity contribution in [3.63, 3.8) is 0 Å². The lowest BCUT2D eigenvalue weighted by molar-refractivity contribution is 0.0922. The first-order chi connectivity index (χ1) is 12.7. The smallest absolute Gasteiger partial charge is 0.270 e. The number of hydrogen-bond acceptors (Lipinski definition) is 6. The number of hydrogen-bond donors (Lipinski definition) is 2. The van der Waals surface area contributed by atoms with Gasteiger partial charge in [-0.15, -0.1) is 0 Å². The number of anilines is 2. The number of benzene rings is 1. The molecule has 7 heteroatoms. The van der Waals surface area contributed by atoms with Crippen molar-refractivity contribution in [2.75, 3.05) is 12.1 Å². The second-order valence-electron chi connectivity index (χ2n) is 6.69. The Morgan fingerprint density at radius 1 is 1.08 bits per heavy atom. The topological polar surface area (TPSA) is 85.4 Å². The van der Waals surface area contributed by atoms with Crippen LogP contribution in [0.1, 0.15) is 48.4 Å². The van der Waals surface area contributed by atoms with Crippen LogP contribution in [0.2, 0.25) is 0 Å². The van der Waals surface area contributed by atoms with E-state index in [9.17, 15) is 4.79 Å². The highest BCUT2D eigenvalue weighted by atomic mass is 16.7. The zero-order chi connectivity index (χ0) is 17.9. The van der Waals surface area contributed by atoms with Crippen molar-refractivity contribution in [3.05, 3.63) is 35.8 Å². The predicted molar refractivity (Wildman–Crippen MR) is 97.0 cm³/mol. The molecule has 1 saturated carbocycles. The fraction of sp³-hybridized carbons (Fsp3) is 0.421. The van der Waals surface area contributed by atoms with E-state index in [0.717, 1.165) is 24.3 Å². The SMILES string of the molecule is Cc1nc(Nc2ccc3c(c2)OCO3)cc(C(=O)NC2CCCCC2)n1. The molecule has 7 nitrogen and oxygen atoms in total. The van der Waals surface area contributed by atoms with Crippen LogP contribution >= 0.6 is 0 Å². The van der Waals surface area contributed by atoms with Crippen LogP contribution in [0.15, 0.2) is 24.3 Å². The Bertz CT molecular complexity index is 818. The van der Waals surface area contributed by atoms with E-state index in [1.54, 1.807) is 13.0 Å². The molecule has 1 aromatic carbocycles. The van der Waals surface area contributed by atoms with Crippen LogP contribution in [0.3, 0.4) is 0 Å². The third-order valence-electron chi connectivity index (χ3n) is 4.66. The lowest BCUT2D eigenvalue weighted by atomic mass is 9.95. The fourth-order valence-electron chi connectivity index (χ4n) is 3.38. The molecule has 1 fully saturated rings. The summed E-state index contributed by atoms with van der Waals surface area (Å²) in [4.78, 5) is 21.2. The maximum atomic E-state index is 12.6. The van der Waals surface area contributed by atoms with E-state index in [4.69, 9.17) is 9.47 Å². The van der Waals surface area contributed by atoms with E-state index in [2.05, 4.69) is 20.6 Å². The molecule has 0 saturated heterocycles. The quantitative estimate of drug-likeness (QED) is 0.876. The molecule has 2 aromatic rings. The van der Waals surface area contributed by atoms with Crippen molar-refractivity contribution in [1.82, 2.24) is 15.3 Å². The van der Waals surface area contributed by atoms with Gasteiger partial charge in [0.15, 0.2) is 11.5 Å². The molecule has 1 aliphatic carbocycles. The van der Waals surface area contributed by atoms with Crippen LogP contribution in [-0.2, 0) is 0 Å². The Labute approximate surface area is 152 Å². The third kappa shape index (κ3) is 3.71. The molecule has 0 spiro atoms. The summed E-state index contributed by atoms with van der Waals surface area (Å²) in [5, 5.41) is 6.30. The summed E-state index contributed by atoms with van der Waals surface area (Å²) in [5.74, 6) is 2.39. The fourth-order valence-corrected chi connectivity index (χ4v) is 3.38. The molecule has 0 bridgehead atoms. The Balaban J connectivity index is 1.49. The van der Waals surface area contributed by atoms with Crippen molar-refractivity contribution < 1.29 is 14.3 Å². The second-order valence-corrected chi connectivity index (χ2v) is 6.69. The Morgan fingerprint density at radius 3 is 2.73 bits per heavy atom. The van der Waals surface area contributed by atoms with Gasteiger partial charge in [0.05, 0.1) is 0 Å². The lowest BCUT2D eigenvalue weighted by Crippen LogP contribution is -2.36. The molecular weight excluding hydrogens is 332 g/mol. The van der Waals surface area contributed by atoms with Gasteiger partial charge in [-0.3, -0.25) is 4.79 Å². The van der Waals surface area contributed by atoms with Crippen LogP contribution in [0.4, 0.5) is 11.5 Å². The van der Waals surface area contributed by atoms with E-state index in [1.165, 1.54) is 19.3 Å². The van der Waals surface area contributed by atoms with Gasteiger partial charge < -0.3 is 20.1 Å². The van der Waals surface area contributed by atoms with Gasteiger partial charge >= 0.3 is 0 Å². The highest BCUT2D eigenvalue weighted by Crippen LogP contribution is 2.34. The van der Waals surface area contributed by atoms with Gasteiger partial charge in [-0.25, -0.2) is 9.97 Å². The number of nitrogens with one attached hydrogen (secondary N) is 2. The molecule has 4 rings (SSSR count). The third-order valence-corrected chi connectivity index (χ3v) is 4.66. The largest absolute Gasteiger partial charge is 0.454 e. The summed E-state index contributed by atoms with van der Waals surface area (Å²) in [6.07, 6.45) is 5.67. The minimum Gasteiger partial charge on any atom is -0.454 e. The van der Waals surface area contributed by atoms with Gasteiger partial charge in [-0.2, -0.15) is 0 Å². The zero-order valence-electron chi connectivity index (χ0n) is 14.7. The lowest BCUT2D eigenvalue weighted by Gasteiger charge is -2.22. The summed E-state index contributed by atoms with van der Waals surface area (Å²) < 4.78 is 10.7. The Morgan fingerprint density at radius 2 is 1.88 bits per heavy atom. The first-order valence-corrected chi connectivity index (χ1v) is 9.00. The van der Waals surface area contributed by atoms with Gasteiger partial charge in [0.2, 0.25) is 6.79 Å². The number of amides is 1. The van der Waals surface area contributed by atoms with Crippen LogP contribution in [0.5, 0.6) is 11.5 Å². The number of carbonyl (C=O) groups excluding carboxylic acids is 1. The number of nitrogens with zero attached hydrogens (tertiary/aromatic N) is 2. The maximum Gasteiger partial charge on any atom is 0.270 e. The summed E-state index contributed by atoms with van der Waals surface area (Å²) in [6.45, 7) is 2.01. The second kappa shape index (κ2) is 7.19. The Kier molecular flexibility index (Phi) is 4.60. The number of rotatable bonds is 4. The number of carbonyl (C=O) groups is 1. The van der Waals surface area contributed by atoms with Crippen molar-refractivity contribution >= 4 is 17.4 Å². The molecule has 2 heterocycles. The molecule has 26 heavy (non-hydrogen) atoms. The van der Waals surface area contributed by atoms with E-state index < -0.39 is 0 Å². The summed E-state index contributed by atoms with van der Waals surface area (Å²) >= 11 is 0. The maximum absolute atomic E-state index is 12.6. The molecular formula is C19H22N4O3. The van der Waals surface area contributed by atoms with E-state index >= 15 is 0 Å².